The summed E-state index contributed by atoms with van der Waals surface area (Å²) in [6.45, 7) is 8.53. The van der Waals surface area contributed by atoms with Gasteiger partial charge in [-0.05, 0) is 31.7 Å². The van der Waals surface area contributed by atoms with E-state index in [2.05, 4.69) is 49.1 Å². The zero-order valence-electron chi connectivity index (χ0n) is 14.2. The Morgan fingerprint density at radius 1 is 1.29 bits per heavy atom. The lowest BCUT2D eigenvalue weighted by Crippen LogP contribution is -2.29. The first kappa shape index (κ1) is 16.3. The number of hydrogen-bond donors (Lipinski definition) is 1. The van der Waals surface area contributed by atoms with Crippen molar-refractivity contribution in [3.8, 4) is 0 Å². The topological polar surface area (TPSA) is 28.2 Å². The van der Waals surface area contributed by atoms with Crippen LogP contribution in [-0.2, 0) is 6.54 Å². The highest BCUT2D eigenvalue weighted by Crippen LogP contribution is 2.27. The Kier molecular flexibility index (Phi) is 6.04. The summed E-state index contributed by atoms with van der Waals surface area (Å²) in [5, 5.41) is 3.51. The Bertz CT molecular complexity index is 436. The largest absolute Gasteiger partial charge is 0.374 e. The summed E-state index contributed by atoms with van der Waals surface area (Å²) < 4.78 is 0. The molecule has 0 atom stereocenters. The molecule has 1 aromatic rings. The first-order chi connectivity index (χ1) is 10.1. The Balaban J connectivity index is 2.06. The monoisotopic (exact) mass is 289 g/mol. The third-order valence-corrected chi connectivity index (χ3v) is 4.47. The van der Waals surface area contributed by atoms with Gasteiger partial charge < -0.3 is 10.2 Å². The Hall–Kier alpha value is -1.09. The fraction of sp³-hybridized carbons (Fsp3) is 0.722. The van der Waals surface area contributed by atoms with E-state index in [0.29, 0.717) is 6.04 Å². The van der Waals surface area contributed by atoms with Gasteiger partial charge in [0.05, 0.1) is 0 Å². The molecule has 0 unspecified atom stereocenters. The number of anilines is 1. The third kappa shape index (κ3) is 4.99. The first-order valence-corrected chi connectivity index (χ1v) is 8.46. The maximum Gasteiger partial charge on any atom is 0.0443 e. The van der Waals surface area contributed by atoms with Crippen molar-refractivity contribution in [2.45, 2.75) is 65.5 Å². The molecule has 1 aliphatic carbocycles. The first-order valence-electron chi connectivity index (χ1n) is 8.46. The van der Waals surface area contributed by atoms with E-state index < -0.39 is 0 Å². The van der Waals surface area contributed by atoms with Gasteiger partial charge in [0, 0.05) is 49.3 Å². The normalized spacial score (nSPS) is 16.4. The molecule has 21 heavy (non-hydrogen) atoms. The standard InChI is InChI=1S/C18H31N3/c1-14(2)19-11-17-12-20-15(3)10-18(17)21(4)13-16-8-6-5-7-9-16/h10,12,14,16,19H,5-9,11,13H2,1-4H3. The van der Waals surface area contributed by atoms with Crippen LogP contribution in [0.15, 0.2) is 12.3 Å². The molecule has 1 aromatic heterocycles. The van der Waals surface area contributed by atoms with E-state index in [-0.39, 0.29) is 0 Å². The van der Waals surface area contributed by atoms with E-state index in [4.69, 9.17) is 0 Å². The summed E-state index contributed by atoms with van der Waals surface area (Å²) in [7, 11) is 2.24. The molecule has 1 saturated carbocycles. The number of nitrogens with one attached hydrogen (secondary N) is 1. The fourth-order valence-electron chi connectivity index (χ4n) is 3.23. The van der Waals surface area contributed by atoms with Crippen LogP contribution in [0, 0.1) is 12.8 Å². The highest BCUT2D eigenvalue weighted by molar-refractivity contribution is 5.53. The molecular formula is C18H31N3. The molecule has 2 rings (SSSR count). The molecule has 1 aliphatic rings. The molecule has 0 saturated heterocycles. The predicted molar refractivity (Wildman–Crippen MR) is 90.8 cm³/mol. The number of rotatable bonds is 6. The Morgan fingerprint density at radius 3 is 2.67 bits per heavy atom. The molecule has 0 spiro atoms. The average Bonchev–Trinajstić information content (AvgIpc) is 2.46. The van der Waals surface area contributed by atoms with Crippen LogP contribution in [0.3, 0.4) is 0 Å². The number of aromatic nitrogens is 1. The van der Waals surface area contributed by atoms with Crippen LogP contribution in [0.2, 0.25) is 0 Å². The van der Waals surface area contributed by atoms with Gasteiger partial charge in [-0.3, -0.25) is 4.98 Å². The van der Waals surface area contributed by atoms with E-state index >= 15 is 0 Å². The van der Waals surface area contributed by atoms with Crippen molar-refractivity contribution in [3.05, 3.63) is 23.5 Å². The second kappa shape index (κ2) is 7.79. The van der Waals surface area contributed by atoms with Gasteiger partial charge >= 0.3 is 0 Å². The quantitative estimate of drug-likeness (QED) is 0.860. The van der Waals surface area contributed by atoms with Gasteiger partial charge in [-0.15, -0.1) is 0 Å². The minimum atomic E-state index is 0.503. The summed E-state index contributed by atoms with van der Waals surface area (Å²) in [6.07, 6.45) is 9.09. The molecule has 1 heterocycles. The summed E-state index contributed by atoms with van der Waals surface area (Å²) in [5.41, 5.74) is 3.77. The van der Waals surface area contributed by atoms with Gasteiger partial charge in [0.1, 0.15) is 0 Å². The zero-order chi connectivity index (χ0) is 15.2. The Labute approximate surface area is 130 Å². The van der Waals surface area contributed by atoms with Crippen molar-refractivity contribution in [2.24, 2.45) is 5.92 Å². The predicted octanol–water partition coefficient (Wildman–Crippen LogP) is 3.90. The number of hydrogen-bond acceptors (Lipinski definition) is 3. The van der Waals surface area contributed by atoms with E-state index in [1.807, 2.05) is 6.20 Å². The SMILES string of the molecule is Cc1cc(N(C)CC2CCCCC2)c(CNC(C)C)cn1. The molecule has 0 aromatic carbocycles. The van der Waals surface area contributed by atoms with Gasteiger partial charge in [0.15, 0.2) is 0 Å². The van der Waals surface area contributed by atoms with Crippen molar-refractivity contribution in [3.63, 3.8) is 0 Å². The molecule has 0 amide bonds. The highest BCUT2D eigenvalue weighted by Gasteiger charge is 2.17. The molecule has 3 heteroatoms. The molecule has 118 valence electrons. The lowest BCUT2D eigenvalue weighted by molar-refractivity contribution is 0.362. The second-order valence-electron chi connectivity index (χ2n) is 6.87. The minimum absolute atomic E-state index is 0.503. The van der Waals surface area contributed by atoms with Crippen molar-refractivity contribution in [1.82, 2.24) is 10.3 Å². The molecule has 1 fully saturated rings. The van der Waals surface area contributed by atoms with Crippen molar-refractivity contribution >= 4 is 5.69 Å². The lowest BCUT2D eigenvalue weighted by Gasteiger charge is -2.30. The molecule has 0 radical (unpaired) electrons. The molecule has 1 N–H and O–H groups in total. The van der Waals surface area contributed by atoms with Crippen LogP contribution < -0.4 is 10.2 Å². The fourth-order valence-corrected chi connectivity index (χ4v) is 3.23. The second-order valence-corrected chi connectivity index (χ2v) is 6.87. The minimum Gasteiger partial charge on any atom is -0.374 e. The van der Waals surface area contributed by atoms with Crippen LogP contribution in [-0.4, -0.2) is 24.6 Å². The van der Waals surface area contributed by atoms with E-state index in [1.165, 1.54) is 49.9 Å². The molecule has 3 nitrogen and oxygen atoms in total. The van der Waals surface area contributed by atoms with Crippen molar-refractivity contribution < 1.29 is 0 Å². The zero-order valence-corrected chi connectivity index (χ0v) is 14.2. The summed E-state index contributed by atoms with van der Waals surface area (Å²) in [6, 6.07) is 2.74. The Morgan fingerprint density at radius 2 is 2.00 bits per heavy atom. The maximum atomic E-state index is 4.48. The average molecular weight is 289 g/mol. The van der Waals surface area contributed by atoms with Crippen molar-refractivity contribution in [1.29, 1.82) is 0 Å². The van der Waals surface area contributed by atoms with Gasteiger partial charge in [-0.25, -0.2) is 0 Å². The third-order valence-electron chi connectivity index (χ3n) is 4.47. The van der Waals surface area contributed by atoms with Crippen LogP contribution in [0.5, 0.6) is 0 Å². The number of aryl methyl sites for hydroxylation is 1. The maximum absolute atomic E-state index is 4.48. The lowest BCUT2D eigenvalue weighted by atomic mass is 9.89. The van der Waals surface area contributed by atoms with Gasteiger partial charge in [0.25, 0.3) is 0 Å². The van der Waals surface area contributed by atoms with Crippen LogP contribution in [0.25, 0.3) is 0 Å². The van der Waals surface area contributed by atoms with E-state index in [9.17, 15) is 0 Å². The summed E-state index contributed by atoms with van der Waals surface area (Å²) in [4.78, 5) is 6.93. The number of pyridine rings is 1. The van der Waals surface area contributed by atoms with Crippen molar-refractivity contribution in [2.75, 3.05) is 18.5 Å². The van der Waals surface area contributed by atoms with E-state index in [0.717, 1.165) is 18.2 Å². The molecule has 0 bridgehead atoms. The highest BCUT2D eigenvalue weighted by atomic mass is 15.1. The van der Waals surface area contributed by atoms with Gasteiger partial charge in [-0.2, -0.15) is 0 Å². The summed E-state index contributed by atoms with van der Waals surface area (Å²) >= 11 is 0. The van der Waals surface area contributed by atoms with Gasteiger partial charge in [0.2, 0.25) is 0 Å². The van der Waals surface area contributed by atoms with Crippen LogP contribution in [0.1, 0.15) is 57.2 Å². The van der Waals surface area contributed by atoms with Crippen LogP contribution in [0.4, 0.5) is 5.69 Å². The molecular weight excluding hydrogens is 258 g/mol. The van der Waals surface area contributed by atoms with Crippen LogP contribution >= 0.6 is 0 Å². The summed E-state index contributed by atoms with van der Waals surface area (Å²) in [5.74, 6) is 0.864. The number of nitrogens with zero attached hydrogens (tertiary/aromatic N) is 2. The van der Waals surface area contributed by atoms with E-state index in [1.54, 1.807) is 0 Å². The van der Waals surface area contributed by atoms with Gasteiger partial charge in [-0.1, -0.05) is 33.1 Å². The smallest absolute Gasteiger partial charge is 0.0443 e. The molecule has 0 aliphatic heterocycles.